The van der Waals surface area contributed by atoms with Crippen LogP contribution in [0.5, 0.6) is 0 Å². The van der Waals surface area contributed by atoms with E-state index in [1.54, 1.807) is 26.2 Å². The average molecular weight is 493 g/mol. The number of aromatic nitrogens is 3. The van der Waals surface area contributed by atoms with Gasteiger partial charge in [-0.1, -0.05) is 23.7 Å². The molecule has 0 bridgehead atoms. The molecule has 1 aliphatic heterocycles. The third-order valence-electron chi connectivity index (χ3n) is 7.17. The predicted molar refractivity (Wildman–Crippen MR) is 128 cm³/mol. The summed E-state index contributed by atoms with van der Waals surface area (Å²) in [6, 6.07) is 9.82. The van der Waals surface area contributed by atoms with Crippen molar-refractivity contribution in [3.05, 3.63) is 40.8 Å². The van der Waals surface area contributed by atoms with Crippen molar-refractivity contribution in [2.75, 3.05) is 11.4 Å². The lowest BCUT2D eigenvalue weighted by Gasteiger charge is -2.43. The van der Waals surface area contributed by atoms with Crippen molar-refractivity contribution in [1.82, 2.24) is 14.7 Å². The molecule has 180 valence electrons. The number of amides is 1. The fourth-order valence-corrected chi connectivity index (χ4v) is 5.88. The monoisotopic (exact) mass is 492 g/mol. The van der Waals surface area contributed by atoms with Gasteiger partial charge < -0.3 is 13.8 Å². The van der Waals surface area contributed by atoms with Gasteiger partial charge in [0.15, 0.2) is 0 Å². The van der Waals surface area contributed by atoms with Crippen molar-refractivity contribution in [3.63, 3.8) is 0 Å². The highest BCUT2D eigenvalue weighted by Crippen LogP contribution is 2.49. The molecule has 3 aromatic rings. The van der Waals surface area contributed by atoms with E-state index in [0.29, 0.717) is 30.8 Å². The van der Waals surface area contributed by atoms with Crippen molar-refractivity contribution < 1.29 is 14.1 Å². The number of hydrogen-bond acceptors (Lipinski definition) is 7. The van der Waals surface area contributed by atoms with Gasteiger partial charge in [0, 0.05) is 6.54 Å². The summed E-state index contributed by atoms with van der Waals surface area (Å²) in [7, 11) is 0. The van der Waals surface area contributed by atoms with Crippen LogP contribution in [0.4, 0.5) is 10.7 Å². The lowest BCUT2D eigenvalue weighted by atomic mass is 9.68. The van der Waals surface area contributed by atoms with Gasteiger partial charge in [0.1, 0.15) is 16.3 Å². The number of halogens is 1. The number of hydrogen-bond donors (Lipinski definition) is 0. The smallest absolute Gasteiger partial charge is 0.417 e. The van der Waals surface area contributed by atoms with Crippen molar-refractivity contribution in [3.8, 4) is 12.1 Å². The lowest BCUT2D eigenvalue weighted by Crippen LogP contribution is -2.45. The standard InChI is InChI=1S/C25H25ClN6O3/c1-23(2,12-28)20-19(26)21(35-30-20)32-14-25(34-22(32)33)8-4-7-24(3,11-25)13-31-15-29-17-6-5-16(10-27)9-18(17)31/h5-6,9,15H,4,7-8,11,13-14H2,1-3H3/t24-,25-/m0/s1. The van der Waals surface area contributed by atoms with E-state index in [9.17, 15) is 15.3 Å². The van der Waals surface area contributed by atoms with Crippen molar-refractivity contribution in [2.24, 2.45) is 5.41 Å². The van der Waals surface area contributed by atoms with Crippen molar-refractivity contribution in [2.45, 2.75) is 64.0 Å². The second-order valence-electron chi connectivity index (χ2n) is 10.6. The molecule has 1 saturated heterocycles. The molecule has 2 aromatic heterocycles. The van der Waals surface area contributed by atoms with E-state index < -0.39 is 17.1 Å². The number of anilines is 1. The molecule has 2 aliphatic rings. The summed E-state index contributed by atoms with van der Waals surface area (Å²) in [5, 5.41) is 22.9. The maximum absolute atomic E-state index is 12.9. The van der Waals surface area contributed by atoms with Gasteiger partial charge >= 0.3 is 6.09 Å². The largest absolute Gasteiger partial charge is 0.441 e. The minimum atomic E-state index is -0.956. The molecule has 5 rings (SSSR count). The Kier molecular flexibility index (Phi) is 5.30. The van der Waals surface area contributed by atoms with Crippen LogP contribution < -0.4 is 4.90 Å². The van der Waals surface area contributed by atoms with Gasteiger partial charge in [0.2, 0.25) is 0 Å². The molecule has 1 spiro atoms. The Labute approximate surface area is 207 Å². The first-order valence-corrected chi connectivity index (χ1v) is 11.9. The zero-order valence-corrected chi connectivity index (χ0v) is 20.6. The summed E-state index contributed by atoms with van der Waals surface area (Å²) in [6.07, 6.45) is 4.52. The Hall–Kier alpha value is -3.56. The zero-order chi connectivity index (χ0) is 25.0. The number of nitrogens with zero attached hydrogens (tertiary/aromatic N) is 6. The highest BCUT2D eigenvalue weighted by Gasteiger charge is 2.53. The van der Waals surface area contributed by atoms with Gasteiger partial charge in [0.25, 0.3) is 5.88 Å². The maximum Gasteiger partial charge on any atom is 0.417 e. The van der Waals surface area contributed by atoms with E-state index in [-0.39, 0.29) is 16.3 Å². The van der Waals surface area contributed by atoms with Crippen molar-refractivity contribution in [1.29, 1.82) is 10.5 Å². The minimum Gasteiger partial charge on any atom is -0.441 e. The topological polar surface area (TPSA) is 121 Å². The van der Waals surface area contributed by atoms with Crippen LogP contribution in [-0.2, 0) is 16.7 Å². The van der Waals surface area contributed by atoms with Crippen LogP contribution in [0, 0.1) is 28.1 Å². The van der Waals surface area contributed by atoms with Crippen LogP contribution >= 0.6 is 11.6 Å². The van der Waals surface area contributed by atoms with Gasteiger partial charge in [-0.05, 0) is 63.1 Å². The molecule has 10 heteroatoms. The highest BCUT2D eigenvalue weighted by molar-refractivity contribution is 6.34. The van der Waals surface area contributed by atoms with E-state index in [1.807, 2.05) is 12.1 Å². The molecule has 3 heterocycles. The first-order valence-electron chi connectivity index (χ1n) is 11.5. The molecule has 1 amide bonds. The summed E-state index contributed by atoms with van der Waals surface area (Å²) in [5.41, 5.74) is 0.838. The average Bonchev–Trinajstić information content (AvgIpc) is 3.48. The molecular formula is C25H25ClN6O3. The molecule has 1 aliphatic carbocycles. The number of carbonyl (C=O) groups is 1. The van der Waals surface area contributed by atoms with Crippen LogP contribution in [0.1, 0.15) is 57.7 Å². The van der Waals surface area contributed by atoms with E-state index in [2.05, 4.69) is 33.8 Å². The van der Waals surface area contributed by atoms with Gasteiger partial charge in [0.05, 0.1) is 47.0 Å². The van der Waals surface area contributed by atoms with E-state index in [1.165, 1.54) is 4.90 Å². The first-order chi connectivity index (χ1) is 16.6. The van der Waals surface area contributed by atoms with E-state index in [4.69, 9.17) is 20.9 Å². The molecular weight excluding hydrogens is 468 g/mol. The van der Waals surface area contributed by atoms with Crippen LogP contribution in [0.25, 0.3) is 11.0 Å². The molecule has 0 unspecified atom stereocenters. The Morgan fingerprint density at radius 3 is 2.83 bits per heavy atom. The number of ether oxygens (including phenoxy) is 1. The molecule has 1 saturated carbocycles. The molecule has 9 nitrogen and oxygen atoms in total. The van der Waals surface area contributed by atoms with Crippen LogP contribution in [0.2, 0.25) is 5.02 Å². The second-order valence-corrected chi connectivity index (χ2v) is 10.9. The van der Waals surface area contributed by atoms with Gasteiger partial charge in [-0.15, -0.1) is 0 Å². The van der Waals surface area contributed by atoms with Crippen molar-refractivity contribution >= 4 is 34.6 Å². The summed E-state index contributed by atoms with van der Waals surface area (Å²) in [5.74, 6) is 0.115. The molecule has 2 fully saturated rings. The third kappa shape index (κ3) is 3.90. The van der Waals surface area contributed by atoms with Crippen LogP contribution in [0.3, 0.4) is 0 Å². The fraction of sp³-hybridized carbons (Fsp3) is 0.480. The molecule has 2 atom stereocenters. The minimum absolute atomic E-state index is 0.115. The summed E-state index contributed by atoms with van der Waals surface area (Å²) in [4.78, 5) is 18.8. The molecule has 35 heavy (non-hydrogen) atoms. The summed E-state index contributed by atoms with van der Waals surface area (Å²) < 4.78 is 13.5. The second kappa shape index (κ2) is 8.00. The van der Waals surface area contributed by atoms with E-state index >= 15 is 0 Å². The van der Waals surface area contributed by atoms with Gasteiger partial charge in [-0.2, -0.15) is 10.5 Å². The maximum atomic E-state index is 12.9. The number of fused-ring (bicyclic) bond motifs is 1. The zero-order valence-electron chi connectivity index (χ0n) is 19.8. The SMILES string of the molecule is CC(C)(C#N)c1noc(N2C[C@@]3(CCC[C@](C)(Cn4cnc5ccc(C#N)cc54)C3)OC2=O)c1Cl. The van der Waals surface area contributed by atoms with Gasteiger partial charge in [-0.3, -0.25) is 0 Å². The normalized spacial score (nSPS) is 24.5. The fourth-order valence-electron chi connectivity index (χ4n) is 5.47. The molecule has 0 radical (unpaired) electrons. The number of nitriles is 2. The summed E-state index contributed by atoms with van der Waals surface area (Å²) in [6.45, 7) is 6.55. The summed E-state index contributed by atoms with van der Waals surface area (Å²) >= 11 is 6.50. The third-order valence-corrected chi connectivity index (χ3v) is 7.51. The Morgan fingerprint density at radius 1 is 1.29 bits per heavy atom. The number of benzene rings is 1. The number of carbonyl (C=O) groups excluding carboxylic acids is 1. The van der Waals surface area contributed by atoms with Crippen LogP contribution in [-0.4, -0.2) is 32.9 Å². The Morgan fingerprint density at radius 2 is 2.09 bits per heavy atom. The van der Waals surface area contributed by atoms with Crippen LogP contribution in [0.15, 0.2) is 29.0 Å². The highest BCUT2D eigenvalue weighted by atomic mass is 35.5. The number of rotatable bonds is 4. The molecule has 0 N–H and O–H groups in total. The first kappa shape index (κ1) is 23.2. The number of imidazole rings is 1. The Bertz CT molecular complexity index is 1410. The van der Waals surface area contributed by atoms with E-state index in [0.717, 1.165) is 30.3 Å². The lowest BCUT2D eigenvalue weighted by molar-refractivity contribution is -0.0264. The van der Waals surface area contributed by atoms with Gasteiger partial charge in [-0.25, -0.2) is 14.7 Å². The molecule has 1 aromatic carbocycles. The quantitative estimate of drug-likeness (QED) is 0.482. The Balaban J connectivity index is 1.40. The predicted octanol–water partition coefficient (Wildman–Crippen LogP) is 5.33.